The van der Waals surface area contributed by atoms with Crippen LogP contribution in [0.1, 0.15) is 32.6 Å². The highest BCUT2D eigenvalue weighted by Crippen LogP contribution is 2.35. The number of H-pyrrole nitrogens is 1. The highest BCUT2D eigenvalue weighted by atomic mass is 16.3. The van der Waals surface area contributed by atoms with Gasteiger partial charge in [-0.1, -0.05) is 19.8 Å². The van der Waals surface area contributed by atoms with Crippen LogP contribution in [-0.2, 0) is 0 Å². The van der Waals surface area contributed by atoms with Gasteiger partial charge in [0, 0.05) is 0 Å². The first-order valence-electron chi connectivity index (χ1n) is 6.75. The van der Waals surface area contributed by atoms with Crippen LogP contribution < -0.4 is 5.32 Å². The monoisotopic (exact) mass is 261 g/mol. The topological polar surface area (TPSA) is 86.7 Å². The van der Waals surface area contributed by atoms with Crippen LogP contribution in [-0.4, -0.2) is 37.2 Å². The zero-order valence-electron chi connectivity index (χ0n) is 11.1. The minimum absolute atomic E-state index is 0.122. The zero-order chi connectivity index (χ0) is 13.3. The molecular formula is C13H19N5O. The summed E-state index contributed by atoms with van der Waals surface area (Å²) in [5.74, 6) is 1.35. The van der Waals surface area contributed by atoms with Crippen LogP contribution in [0.5, 0.6) is 0 Å². The maximum Gasteiger partial charge on any atom is 0.182 e. The van der Waals surface area contributed by atoms with Gasteiger partial charge in [0.2, 0.25) is 0 Å². The van der Waals surface area contributed by atoms with E-state index in [0.717, 1.165) is 30.6 Å². The smallest absolute Gasteiger partial charge is 0.182 e. The second-order valence-corrected chi connectivity index (χ2v) is 5.59. The van der Waals surface area contributed by atoms with Crippen LogP contribution >= 0.6 is 0 Å². The van der Waals surface area contributed by atoms with Gasteiger partial charge in [-0.15, -0.1) is 0 Å². The van der Waals surface area contributed by atoms with E-state index in [-0.39, 0.29) is 12.1 Å². The lowest BCUT2D eigenvalue weighted by Gasteiger charge is -2.39. The number of imidazole rings is 1. The van der Waals surface area contributed by atoms with Gasteiger partial charge >= 0.3 is 0 Å². The van der Waals surface area contributed by atoms with Gasteiger partial charge in [0.05, 0.1) is 18.5 Å². The van der Waals surface area contributed by atoms with Crippen molar-refractivity contribution in [1.29, 1.82) is 0 Å². The molecule has 0 radical (unpaired) electrons. The Morgan fingerprint density at radius 3 is 3.16 bits per heavy atom. The SMILES string of the molecule is CC1CCCC(CO)(Nc2ncnc3nc[nH]c23)C1. The fourth-order valence-corrected chi connectivity index (χ4v) is 3.07. The molecule has 0 aliphatic heterocycles. The predicted octanol–water partition coefficient (Wildman–Crippen LogP) is 1.71. The molecule has 2 heterocycles. The molecule has 3 rings (SSSR count). The highest BCUT2D eigenvalue weighted by molar-refractivity contribution is 5.82. The molecule has 2 unspecified atom stereocenters. The standard InChI is InChI=1S/C13H19N5O/c1-9-3-2-4-13(5-9,6-19)18-12-10-11(15-7-14-10)16-8-17-12/h7-9,19H,2-6H2,1H3,(H2,14,15,16,17,18). The Kier molecular flexibility index (Phi) is 3.10. The average molecular weight is 261 g/mol. The maximum atomic E-state index is 9.81. The number of nitrogens with one attached hydrogen (secondary N) is 2. The van der Waals surface area contributed by atoms with Crippen molar-refractivity contribution in [3.05, 3.63) is 12.7 Å². The van der Waals surface area contributed by atoms with E-state index in [1.165, 1.54) is 12.7 Å². The van der Waals surface area contributed by atoms with Gasteiger partial charge in [-0.2, -0.15) is 0 Å². The molecule has 1 fully saturated rings. The number of aliphatic hydroxyl groups is 1. The van der Waals surface area contributed by atoms with E-state index >= 15 is 0 Å². The summed E-state index contributed by atoms with van der Waals surface area (Å²) in [5.41, 5.74) is 1.17. The Hall–Kier alpha value is -1.69. The van der Waals surface area contributed by atoms with Crippen molar-refractivity contribution in [3.63, 3.8) is 0 Å². The molecule has 102 valence electrons. The average Bonchev–Trinajstić information content (AvgIpc) is 2.88. The minimum Gasteiger partial charge on any atom is -0.394 e. The van der Waals surface area contributed by atoms with E-state index in [4.69, 9.17) is 0 Å². The number of hydrogen-bond acceptors (Lipinski definition) is 5. The molecule has 1 saturated carbocycles. The maximum absolute atomic E-state index is 9.81. The number of aromatic amines is 1. The molecular weight excluding hydrogens is 242 g/mol. The molecule has 2 aromatic heterocycles. The lowest BCUT2D eigenvalue weighted by Crippen LogP contribution is -2.46. The van der Waals surface area contributed by atoms with Crippen molar-refractivity contribution in [2.24, 2.45) is 5.92 Å². The highest BCUT2D eigenvalue weighted by Gasteiger charge is 2.35. The largest absolute Gasteiger partial charge is 0.394 e. The van der Waals surface area contributed by atoms with Crippen molar-refractivity contribution in [3.8, 4) is 0 Å². The third-order valence-electron chi connectivity index (χ3n) is 4.00. The molecule has 6 heteroatoms. The van der Waals surface area contributed by atoms with Crippen LogP contribution in [0.25, 0.3) is 11.2 Å². The van der Waals surface area contributed by atoms with Crippen molar-refractivity contribution in [2.45, 2.75) is 38.1 Å². The Morgan fingerprint density at radius 2 is 2.37 bits per heavy atom. The first-order chi connectivity index (χ1) is 9.22. The molecule has 0 bridgehead atoms. The number of aromatic nitrogens is 4. The Morgan fingerprint density at radius 1 is 1.47 bits per heavy atom. The summed E-state index contributed by atoms with van der Waals surface area (Å²) in [5, 5.41) is 13.2. The molecule has 6 nitrogen and oxygen atoms in total. The molecule has 0 spiro atoms. The summed E-state index contributed by atoms with van der Waals surface area (Å²) in [6.45, 7) is 2.36. The number of nitrogens with zero attached hydrogens (tertiary/aromatic N) is 3. The first kappa shape index (κ1) is 12.3. The summed E-state index contributed by atoms with van der Waals surface area (Å²) in [6.07, 6.45) is 7.40. The Balaban J connectivity index is 1.92. The normalized spacial score (nSPS) is 27.6. The third-order valence-corrected chi connectivity index (χ3v) is 4.00. The summed E-state index contributed by atoms with van der Waals surface area (Å²) < 4.78 is 0. The Bertz CT molecular complexity index is 569. The van der Waals surface area contributed by atoms with Crippen LogP contribution in [0.3, 0.4) is 0 Å². The summed E-state index contributed by atoms with van der Waals surface area (Å²) >= 11 is 0. The first-order valence-corrected chi connectivity index (χ1v) is 6.75. The van der Waals surface area contributed by atoms with Gasteiger partial charge in [0.25, 0.3) is 0 Å². The molecule has 0 aromatic carbocycles. The van der Waals surface area contributed by atoms with E-state index in [1.54, 1.807) is 6.33 Å². The van der Waals surface area contributed by atoms with Gasteiger partial charge in [0.1, 0.15) is 11.8 Å². The minimum atomic E-state index is -0.274. The second kappa shape index (κ2) is 4.77. The lowest BCUT2D eigenvalue weighted by atomic mass is 9.77. The Labute approximate surface area is 111 Å². The van der Waals surface area contributed by atoms with Crippen molar-refractivity contribution in [1.82, 2.24) is 19.9 Å². The number of anilines is 1. The molecule has 0 amide bonds. The third kappa shape index (κ3) is 2.28. The molecule has 3 N–H and O–H groups in total. The van der Waals surface area contributed by atoms with E-state index in [1.807, 2.05) is 0 Å². The number of aliphatic hydroxyl groups excluding tert-OH is 1. The number of hydrogen-bond donors (Lipinski definition) is 3. The summed E-state index contributed by atoms with van der Waals surface area (Å²) in [4.78, 5) is 15.6. The summed E-state index contributed by atoms with van der Waals surface area (Å²) in [7, 11) is 0. The molecule has 0 saturated heterocycles. The fourth-order valence-electron chi connectivity index (χ4n) is 3.07. The van der Waals surface area contributed by atoms with E-state index in [9.17, 15) is 5.11 Å². The van der Waals surface area contributed by atoms with Crippen LogP contribution in [0.15, 0.2) is 12.7 Å². The van der Waals surface area contributed by atoms with E-state index in [0.29, 0.717) is 11.6 Å². The number of fused-ring (bicyclic) bond motifs is 1. The van der Waals surface area contributed by atoms with Crippen LogP contribution in [0.4, 0.5) is 5.82 Å². The summed E-state index contributed by atoms with van der Waals surface area (Å²) in [6, 6.07) is 0. The predicted molar refractivity (Wildman–Crippen MR) is 72.8 cm³/mol. The zero-order valence-corrected chi connectivity index (χ0v) is 11.1. The van der Waals surface area contributed by atoms with Gasteiger partial charge in [-0.05, 0) is 18.8 Å². The number of rotatable bonds is 3. The van der Waals surface area contributed by atoms with Gasteiger partial charge in [-0.3, -0.25) is 0 Å². The molecule has 2 atom stereocenters. The van der Waals surface area contributed by atoms with Gasteiger partial charge in [-0.25, -0.2) is 15.0 Å². The molecule has 2 aromatic rings. The van der Waals surface area contributed by atoms with Gasteiger partial charge < -0.3 is 15.4 Å². The molecule has 1 aliphatic carbocycles. The molecule has 19 heavy (non-hydrogen) atoms. The quantitative estimate of drug-likeness (QED) is 0.783. The van der Waals surface area contributed by atoms with Gasteiger partial charge in [0.15, 0.2) is 11.5 Å². The van der Waals surface area contributed by atoms with E-state index < -0.39 is 0 Å². The molecule has 1 aliphatic rings. The van der Waals surface area contributed by atoms with Crippen molar-refractivity contribution < 1.29 is 5.11 Å². The second-order valence-electron chi connectivity index (χ2n) is 5.59. The fraction of sp³-hybridized carbons (Fsp3) is 0.615. The van der Waals surface area contributed by atoms with Crippen LogP contribution in [0.2, 0.25) is 0 Å². The lowest BCUT2D eigenvalue weighted by molar-refractivity contribution is 0.149. The van der Waals surface area contributed by atoms with Crippen molar-refractivity contribution >= 4 is 17.0 Å². The van der Waals surface area contributed by atoms with E-state index in [2.05, 4.69) is 32.2 Å². The van der Waals surface area contributed by atoms with Crippen molar-refractivity contribution in [2.75, 3.05) is 11.9 Å². The van der Waals surface area contributed by atoms with Crippen LogP contribution in [0, 0.1) is 5.92 Å².